The highest BCUT2D eigenvalue weighted by Crippen LogP contribution is 2.34. The lowest BCUT2D eigenvalue weighted by Gasteiger charge is -2.35. The van der Waals surface area contributed by atoms with Gasteiger partial charge in [0.25, 0.3) is 5.91 Å². The van der Waals surface area contributed by atoms with Gasteiger partial charge in [0.1, 0.15) is 5.75 Å². The minimum Gasteiger partial charge on any atom is -0.477 e. The monoisotopic (exact) mass is 671 g/mol. The lowest BCUT2D eigenvalue weighted by atomic mass is 10.1. The Balaban J connectivity index is 1.39. The Kier molecular flexibility index (Phi) is 10.1. The Morgan fingerprint density at radius 1 is 0.886 bits per heavy atom. The number of anilines is 1. The van der Waals surface area contributed by atoms with Crippen LogP contribution in [0.3, 0.4) is 0 Å². The predicted molar refractivity (Wildman–Crippen MR) is 172 cm³/mol. The summed E-state index contributed by atoms with van der Waals surface area (Å²) in [6.07, 6.45) is -0.375. The third-order valence-electron chi connectivity index (χ3n) is 7.05. The molecule has 0 fully saturated rings. The number of rotatable bonds is 10. The average molecular weight is 673 g/mol. The van der Waals surface area contributed by atoms with Crippen molar-refractivity contribution in [2.45, 2.75) is 24.0 Å². The maximum atomic E-state index is 14.0. The Labute approximate surface area is 271 Å². The fourth-order valence-corrected chi connectivity index (χ4v) is 6.72. The molecule has 0 spiro atoms. The van der Waals surface area contributed by atoms with Crippen LogP contribution in [0, 0.1) is 0 Å². The highest BCUT2D eigenvalue weighted by molar-refractivity contribution is 7.89. The van der Waals surface area contributed by atoms with E-state index < -0.39 is 28.6 Å². The molecule has 1 N–H and O–H groups in total. The van der Waals surface area contributed by atoms with E-state index >= 15 is 0 Å². The summed E-state index contributed by atoms with van der Waals surface area (Å²) in [6.45, 7) is -0.473. The molecule has 8 nitrogen and oxygen atoms in total. The van der Waals surface area contributed by atoms with E-state index in [1.807, 2.05) is 30.3 Å². The first-order valence-corrected chi connectivity index (χ1v) is 16.3. The third kappa shape index (κ3) is 7.54. The lowest BCUT2D eigenvalue weighted by molar-refractivity contribution is -0.128. The van der Waals surface area contributed by atoms with E-state index in [1.54, 1.807) is 36.4 Å². The largest absolute Gasteiger partial charge is 0.477 e. The number of benzene rings is 4. The first kappa shape index (κ1) is 31.8. The predicted octanol–water partition coefficient (Wildman–Crippen LogP) is 5.99. The van der Waals surface area contributed by atoms with Crippen LogP contribution in [0.5, 0.6) is 5.75 Å². The summed E-state index contributed by atoms with van der Waals surface area (Å²) in [5, 5.41) is 3.89. The molecule has 44 heavy (non-hydrogen) atoms. The fraction of sp³-hybridized carbons (Fsp3) is 0.188. The topological polar surface area (TPSA) is 96.0 Å². The highest BCUT2D eigenvalue weighted by Gasteiger charge is 2.36. The third-order valence-corrected chi connectivity index (χ3v) is 9.69. The van der Waals surface area contributed by atoms with Crippen LogP contribution < -0.4 is 15.0 Å². The Bertz CT molecular complexity index is 1750. The van der Waals surface area contributed by atoms with Crippen molar-refractivity contribution in [1.82, 2.24) is 9.62 Å². The number of nitrogens with zero attached hydrogens (tertiary/aromatic N) is 2. The van der Waals surface area contributed by atoms with Gasteiger partial charge in [0.15, 0.2) is 6.10 Å². The number of para-hydroxylation sites is 2. The molecule has 0 saturated carbocycles. The second-order valence-electron chi connectivity index (χ2n) is 10.1. The van der Waals surface area contributed by atoms with Crippen LogP contribution in [-0.2, 0) is 32.6 Å². The minimum atomic E-state index is -4.20. The zero-order valence-electron chi connectivity index (χ0n) is 23.3. The summed E-state index contributed by atoms with van der Waals surface area (Å²) in [4.78, 5) is 28.4. The number of amides is 2. The zero-order chi connectivity index (χ0) is 31.3. The quantitative estimate of drug-likeness (QED) is 0.223. The van der Waals surface area contributed by atoms with Gasteiger partial charge in [-0.25, -0.2) is 8.42 Å². The van der Waals surface area contributed by atoms with Crippen molar-refractivity contribution in [2.75, 3.05) is 24.5 Å². The molecule has 0 saturated heterocycles. The Morgan fingerprint density at radius 3 is 2.30 bits per heavy atom. The molecule has 228 valence electrons. The molecule has 1 aliphatic heterocycles. The van der Waals surface area contributed by atoms with Gasteiger partial charge < -0.3 is 15.0 Å². The van der Waals surface area contributed by atoms with Gasteiger partial charge in [0.2, 0.25) is 15.9 Å². The number of nitrogens with one attached hydrogen (secondary N) is 1. The molecule has 12 heteroatoms. The highest BCUT2D eigenvalue weighted by atomic mass is 35.5. The number of halogens is 3. The molecule has 5 rings (SSSR count). The van der Waals surface area contributed by atoms with Crippen LogP contribution in [0.1, 0.15) is 11.1 Å². The standard InChI is InChI=1S/C32H28Cl3N3O5S/c33-24-12-14-26(15-13-24)44(41,42)37(19-23-10-11-25(34)18-27(23)35)21-31(39)38-20-30(43-29-9-5-4-8-28(29)38)32(40)36-17-16-22-6-2-1-3-7-22/h1-15,18,30H,16-17,19-21H2,(H,36,40)/t30-/m1/s1. The number of ether oxygens (including phenoxy) is 1. The Hall–Kier alpha value is -3.60. The second-order valence-corrected chi connectivity index (χ2v) is 13.3. The first-order chi connectivity index (χ1) is 21.1. The first-order valence-electron chi connectivity index (χ1n) is 13.7. The minimum absolute atomic E-state index is 0.0437. The van der Waals surface area contributed by atoms with Crippen LogP contribution in [-0.4, -0.2) is 50.3 Å². The van der Waals surface area contributed by atoms with Gasteiger partial charge in [0, 0.05) is 28.2 Å². The summed E-state index contributed by atoms with van der Waals surface area (Å²) < 4.78 is 34.7. The molecule has 4 aromatic carbocycles. The van der Waals surface area contributed by atoms with E-state index in [4.69, 9.17) is 39.5 Å². The zero-order valence-corrected chi connectivity index (χ0v) is 26.4. The number of hydrogen-bond acceptors (Lipinski definition) is 5. The van der Waals surface area contributed by atoms with Gasteiger partial charge in [-0.15, -0.1) is 0 Å². The van der Waals surface area contributed by atoms with Crippen LogP contribution >= 0.6 is 34.8 Å². The summed E-state index contributed by atoms with van der Waals surface area (Å²) in [7, 11) is -4.20. The van der Waals surface area contributed by atoms with Crippen molar-refractivity contribution >= 4 is 62.3 Å². The summed E-state index contributed by atoms with van der Waals surface area (Å²) >= 11 is 18.5. The molecule has 2 amide bonds. The van der Waals surface area contributed by atoms with E-state index in [0.29, 0.717) is 40.0 Å². The molecule has 1 heterocycles. The molecule has 0 aliphatic carbocycles. The van der Waals surface area contributed by atoms with Crippen molar-refractivity contribution in [1.29, 1.82) is 0 Å². The van der Waals surface area contributed by atoms with Gasteiger partial charge in [-0.05, 0) is 66.1 Å². The molecule has 0 bridgehead atoms. The van der Waals surface area contributed by atoms with Gasteiger partial charge in [-0.2, -0.15) is 4.31 Å². The average Bonchev–Trinajstić information content (AvgIpc) is 3.02. The van der Waals surface area contributed by atoms with Gasteiger partial charge in [-0.3, -0.25) is 9.59 Å². The van der Waals surface area contributed by atoms with E-state index in [2.05, 4.69) is 5.32 Å². The van der Waals surface area contributed by atoms with Crippen molar-refractivity contribution in [3.05, 3.63) is 123 Å². The molecule has 0 aromatic heterocycles. The molecule has 1 aliphatic rings. The number of fused-ring (bicyclic) bond motifs is 1. The molecule has 0 unspecified atom stereocenters. The molecule has 4 aromatic rings. The van der Waals surface area contributed by atoms with Gasteiger partial charge in [-0.1, -0.05) is 83.3 Å². The van der Waals surface area contributed by atoms with Crippen molar-refractivity contribution in [2.24, 2.45) is 0 Å². The summed E-state index contributed by atoms with van der Waals surface area (Å²) in [5.41, 5.74) is 1.96. The SMILES string of the molecule is O=C(NCCc1ccccc1)[C@H]1CN(C(=O)CN(Cc2ccc(Cl)cc2Cl)S(=O)(=O)c2ccc(Cl)cc2)c2ccccc2O1. The molecular weight excluding hydrogens is 645 g/mol. The number of carbonyl (C=O) groups is 2. The molecular formula is C32H28Cl3N3O5S. The maximum absolute atomic E-state index is 14.0. The van der Waals surface area contributed by atoms with Gasteiger partial charge >= 0.3 is 0 Å². The maximum Gasteiger partial charge on any atom is 0.262 e. The van der Waals surface area contributed by atoms with Gasteiger partial charge in [0.05, 0.1) is 23.7 Å². The second kappa shape index (κ2) is 14.0. The van der Waals surface area contributed by atoms with Crippen LogP contribution in [0.4, 0.5) is 5.69 Å². The van der Waals surface area contributed by atoms with Crippen molar-refractivity contribution in [3.63, 3.8) is 0 Å². The van der Waals surface area contributed by atoms with Crippen molar-refractivity contribution in [3.8, 4) is 5.75 Å². The summed E-state index contributed by atoms with van der Waals surface area (Å²) in [6, 6.07) is 26.9. The van der Waals surface area contributed by atoms with Crippen LogP contribution in [0.2, 0.25) is 15.1 Å². The lowest BCUT2D eigenvalue weighted by Crippen LogP contribution is -2.53. The number of carbonyl (C=O) groups excluding carboxylic acids is 2. The van der Waals surface area contributed by atoms with E-state index in [0.717, 1.165) is 9.87 Å². The number of hydrogen-bond donors (Lipinski definition) is 1. The fourth-order valence-electron chi connectivity index (χ4n) is 4.75. The summed E-state index contributed by atoms with van der Waals surface area (Å²) in [5.74, 6) is -0.597. The normalized spacial score (nSPS) is 14.5. The molecule has 1 atom stereocenters. The molecule has 0 radical (unpaired) electrons. The van der Waals surface area contributed by atoms with E-state index in [9.17, 15) is 18.0 Å². The van der Waals surface area contributed by atoms with E-state index in [-0.39, 0.29) is 28.9 Å². The Morgan fingerprint density at radius 2 is 1.57 bits per heavy atom. The smallest absolute Gasteiger partial charge is 0.262 e. The van der Waals surface area contributed by atoms with Crippen LogP contribution in [0.15, 0.2) is 102 Å². The van der Waals surface area contributed by atoms with E-state index in [1.165, 1.54) is 35.2 Å². The van der Waals surface area contributed by atoms with Crippen molar-refractivity contribution < 1.29 is 22.7 Å². The van der Waals surface area contributed by atoms with Crippen LogP contribution in [0.25, 0.3) is 0 Å². The number of sulfonamides is 1.